The summed E-state index contributed by atoms with van der Waals surface area (Å²) in [6, 6.07) is 20.5. The average Bonchev–Trinajstić information content (AvgIpc) is 3.64. The number of nitrogens with zero attached hydrogens (tertiary/aromatic N) is 1. The van der Waals surface area contributed by atoms with Gasteiger partial charge in [-0.2, -0.15) is 0 Å². The number of nitrogens with one attached hydrogen (secondary N) is 1. The standard InChI is InChI=1S/C27H23FN2O2/c1-32-21-4-2-3-18(13-21)22-10-7-19(26-16-29-12-11-23(22)26)15-30-27(31)25-14-24(25)17-5-8-20(28)9-6-17/h2-13,16,24-25H,14-15H2,1H3,(H,30,31). The van der Waals surface area contributed by atoms with Crippen LogP contribution in [0, 0.1) is 11.7 Å². The van der Waals surface area contributed by atoms with E-state index in [-0.39, 0.29) is 23.6 Å². The van der Waals surface area contributed by atoms with Crippen molar-refractivity contribution in [1.29, 1.82) is 0 Å². The van der Waals surface area contributed by atoms with E-state index in [0.29, 0.717) is 6.54 Å². The number of ether oxygens (including phenoxy) is 1. The molecule has 1 aromatic heterocycles. The van der Waals surface area contributed by atoms with Crippen molar-refractivity contribution in [2.45, 2.75) is 18.9 Å². The number of pyridine rings is 1. The summed E-state index contributed by atoms with van der Waals surface area (Å²) < 4.78 is 18.5. The van der Waals surface area contributed by atoms with E-state index in [1.807, 2.05) is 36.5 Å². The molecule has 1 amide bonds. The number of methoxy groups -OCH3 is 1. The van der Waals surface area contributed by atoms with Crippen LogP contribution in [0.4, 0.5) is 4.39 Å². The van der Waals surface area contributed by atoms with E-state index in [9.17, 15) is 9.18 Å². The van der Waals surface area contributed by atoms with Crippen LogP contribution in [0.25, 0.3) is 21.9 Å². The van der Waals surface area contributed by atoms with E-state index < -0.39 is 0 Å². The summed E-state index contributed by atoms with van der Waals surface area (Å²) in [6.45, 7) is 0.437. The van der Waals surface area contributed by atoms with E-state index in [1.54, 1.807) is 25.4 Å². The lowest BCUT2D eigenvalue weighted by molar-refractivity contribution is -0.122. The van der Waals surface area contributed by atoms with Gasteiger partial charge in [0.15, 0.2) is 0 Å². The third kappa shape index (κ3) is 3.94. The van der Waals surface area contributed by atoms with Gasteiger partial charge in [0.05, 0.1) is 7.11 Å². The van der Waals surface area contributed by atoms with Gasteiger partial charge in [0.25, 0.3) is 0 Å². The second-order valence-corrected chi connectivity index (χ2v) is 8.14. The van der Waals surface area contributed by atoms with Crippen LogP contribution in [0.2, 0.25) is 0 Å². The summed E-state index contributed by atoms with van der Waals surface area (Å²) in [7, 11) is 1.66. The summed E-state index contributed by atoms with van der Waals surface area (Å²) in [5.41, 5.74) is 4.20. The first kappa shape index (κ1) is 20.2. The molecule has 0 radical (unpaired) electrons. The average molecular weight is 426 g/mol. The lowest BCUT2D eigenvalue weighted by Crippen LogP contribution is -2.25. The van der Waals surface area contributed by atoms with Crippen molar-refractivity contribution in [3.63, 3.8) is 0 Å². The minimum absolute atomic E-state index is 0.0354. The fourth-order valence-electron chi connectivity index (χ4n) is 4.32. The van der Waals surface area contributed by atoms with Crippen LogP contribution in [0.3, 0.4) is 0 Å². The summed E-state index contributed by atoms with van der Waals surface area (Å²) in [5, 5.41) is 5.17. The van der Waals surface area contributed by atoms with Gasteiger partial charge in [0.2, 0.25) is 5.91 Å². The second-order valence-electron chi connectivity index (χ2n) is 8.14. The zero-order valence-electron chi connectivity index (χ0n) is 17.7. The molecule has 0 saturated heterocycles. The van der Waals surface area contributed by atoms with E-state index >= 15 is 0 Å². The first-order chi connectivity index (χ1) is 15.6. The molecule has 4 nitrogen and oxygen atoms in total. The third-order valence-corrected chi connectivity index (χ3v) is 6.17. The number of fused-ring (bicyclic) bond motifs is 1. The maximum absolute atomic E-state index is 13.1. The molecular formula is C27H23FN2O2. The highest BCUT2D eigenvalue weighted by Gasteiger charge is 2.43. The molecule has 0 aliphatic heterocycles. The second kappa shape index (κ2) is 8.42. The van der Waals surface area contributed by atoms with Crippen LogP contribution >= 0.6 is 0 Å². The highest BCUT2D eigenvalue weighted by molar-refractivity contribution is 5.98. The van der Waals surface area contributed by atoms with Gasteiger partial charge in [0.1, 0.15) is 11.6 Å². The molecule has 0 spiro atoms. The van der Waals surface area contributed by atoms with Gasteiger partial charge in [-0.25, -0.2) is 4.39 Å². The molecule has 160 valence electrons. The van der Waals surface area contributed by atoms with E-state index in [0.717, 1.165) is 45.2 Å². The number of carbonyl (C=O) groups excluding carboxylic acids is 1. The van der Waals surface area contributed by atoms with Crippen molar-refractivity contribution in [2.24, 2.45) is 5.92 Å². The van der Waals surface area contributed by atoms with Crippen molar-refractivity contribution >= 4 is 16.7 Å². The third-order valence-electron chi connectivity index (χ3n) is 6.17. The molecule has 5 rings (SSSR count). The zero-order chi connectivity index (χ0) is 22.1. The minimum atomic E-state index is -0.256. The molecule has 2 atom stereocenters. The van der Waals surface area contributed by atoms with E-state index in [2.05, 4.69) is 22.4 Å². The number of carbonyl (C=O) groups is 1. The Bertz CT molecular complexity index is 1290. The molecule has 1 fully saturated rings. The van der Waals surface area contributed by atoms with Crippen molar-refractivity contribution in [3.05, 3.63) is 96.1 Å². The van der Waals surface area contributed by atoms with Crippen LogP contribution in [0.5, 0.6) is 5.75 Å². The first-order valence-electron chi connectivity index (χ1n) is 10.7. The normalized spacial score (nSPS) is 17.2. The Morgan fingerprint density at radius 1 is 1.09 bits per heavy atom. The molecule has 1 N–H and O–H groups in total. The summed E-state index contributed by atoms with van der Waals surface area (Å²) in [4.78, 5) is 17.0. The number of halogens is 1. The molecule has 3 aromatic carbocycles. The van der Waals surface area contributed by atoms with Gasteiger partial charge in [-0.15, -0.1) is 0 Å². The Morgan fingerprint density at radius 2 is 1.94 bits per heavy atom. The fraction of sp³-hybridized carbons (Fsp3) is 0.185. The van der Waals surface area contributed by atoms with Gasteiger partial charge in [-0.05, 0) is 70.3 Å². The highest BCUT2D eigenvalue weighted by Crippen LogP contribution is 2.47. The number of aromatic nitrogens is 1. The molecule has 32 heavy (non-hydrogen) atoms. The van der Waals surface area contributed by atoms with Crippen molar-refractivity contribution in [1.82, 2.24) is 10.3 Å². The lowest BCUT2D eigenvalue weighted by atomic mass is 9.96. The van der Waals surface area contributed by atoms with Gasteiger partial charge >= 0.3 is 0 Å². The topological polar surface area (TPSA) is 51.2 Å². The lowest BCUT2D eigenvalue weighted by Gasteiger charge is -2.13. The van der Waals surface area contributed by atoms with Crippen LogP contribution in [0.15, 0.2) is 79.1 Å². The number of hydrogen-bond acceptors (Lipinski definition) is 3. The molecule has 1 aliphatic carbocycles. The Labute approximate surface area is 186 Å². The van der Waals surface area contributed by atoms with Crippen molar-refractivity contribution < 1.29 is 13.9 Å². The van der Waals surface area contributed by atoms with Gasteiger partial charge in [-0.3, -0.25) is 9.78 Å². The molecule has 4 aromatic rings. The Balaban J connectivity index is 1.34. The number of benzene rings is 3. The summed E-state index contributed by atoms with van der Waals surface area (Å²) in [6.07, 6.45) is 4.43. The van der Waals surface area contributed by atoms with Crippen LogP contribution < -0.4 is 10.1 Å². The van der Waals surface area contributed by atoms with E-state index in [4.69, 9.17) is 4.74 Å². The van der Waals surface area contributed by atoms with Crippen molar-refractivity contribution in [2.75, 3.05) is 7.11 Å². The van der Waals surface area contributed by atoms with Gasteiger partial charge < -0.3 is 10.1 Å². The smallest absolute Gasteiger partial charge is 0.224 e. The predicted octanol–water partition coefficient (Wildman–Crippen LogP) is 5.47. The summed E-state index contributed by atoms with van der Waals surface area (Å²) in [5.74, 6) is 0.702. The van der Waals surface area contributed by atoms with Gasteiger partial charge in [-0.1, -0.05) is 36.4 Å². The zero-order valence-corrected chi connectivity index (χ0v) is 17.7. The quantitative estimate of drug-likeness (QED) is 0.445. The summed E-state index contributed by atoms with van der Waals surface area (Å²) >= 11 is 0. The SMILES string of the molecule is COc1cccc(-c2ccc(CNC(=O)C3CC3c3ccc(F)cc3)c3cnccc23)c1. The van der Waals surface area contributed by atoms with Crippen molar-refractivity contribution in [3.8, 4) is 16.9 Å². The molecule has 2 unspecified atom stereocenters. The minimum Gasteiger partial charge on any atom is -0.497 e. The maximum atomic E-state index is 13.1. The number of hydrogen-bond donors (Lipinski definition) is 1. The predicted molar refractivity (Wildman–Crippen MR) is 123 cm³/mol. The Hall–Kier alpha value is -3.73. The Kier molecular flexibility index (Phi) is 5.31. The highest BCUT2D eigenvalue weighted by atomic mass is 19.1. The molecular weight excluding hydrogens is 403 g/mol. The molecule has 5 heteroatoms. The molecule has 0 bridgehead atoms. The Morgan fingerprint density at radius 3 is 2.75 bits per heavy atom. The molecule has 1 heterocycles. The molecule has 1 saturated carbocycles. The largest absolute Gasteiger partial charge is 0.497 e. The van der Waals surface area contributed by atoms with E-state index in [1.165, 1.54) is 12.1 Å². The maximum Gasteiger partial charge on any atom is 0.224 e. The van der Waals surface area contributed by atoms with Crippen LogP contribution in [-0.2, 0) is 11.3 Å². The number of rotatable bonds is 6. The van der Waals surface area contributed by atoms with Gasteiger partial charge in [0, 0.05) is 30.2 Å². The van der Waals surface area contributed by atoms with Crippen LogP contribution in [-0.4, -0.2) is 18.0 Å². The monoisotopic (exact) mass is 426 g/mol. The first-order valence-corrected chi connectivity index (χ1v) is 10.7. The molecule has 1 aliphatic rings. The van der Waals surface area contributed by atoms with Crippen LogP contribution in [0.1, 0.15) is 23.5 Å². The fourth-order valence-corrected chi connectivity index (χ4v) is 4.32. The number of amides is 1.